The van der Waals surface area contributed by atoms with Crippen molar-refractivity contribution in [2.75, 3.05) is 18.1 Å². The molecule has 35 heavy (non-hydrogen) atoms. The van der Waals surface area contributed by atoms with Crippen LogP contribution in [0.15, 0.2) is 47.2 Å². The Kier molecular flexibility index (Phi) is 5.62. The summed E-state index contributed by atoms with van der Waals surface area (Å²) in [4.78, 5) is 21.4. The third-order valence-corrected chi connectivity index (χ3v) is 7.09. The van der Waals surface area contributed by atoms with Crippen molar-refractivity contribution in [3.63, 3.8) is 0 Å². The van der Waals surface area contributed by atoms with Crippen LogP contribution in [0.3, 0.4) is 0 Å². The first-order valence-corrected chi connectivity index (χ1v) is 12.5. The van der Waals surface area contributed by atoms with E-state index in [1.807, 2.05) is 0 Å². The lowest BCUT2D eigenvalue weighted by atomic mass is 10.1. The molecule has 2 N–H and O–H groups in total. The van der Waals surface area contributed by atoms with Gasteiger partial charge in [-0.05, 0) is 30.7 Å². The minimum absolute atomic E-state index is 0.0465. The number of aryl methyl sites for hydroxylation is 1. The Labute approximate surface area is 199 Å². The van der Waals surface area contributed by atoms with Gasteiger partial charge >= 0.3 is 0 Å². The molecule has 1 saturated heterocycles. The van der Waals surface area contributed by atoms with Crippen LogP contribution < -0.4 is 5.32 Å². The molecule has 13 heteroatoms. The van der Waals surface area contributed by atoms with Crippen molar-refractivity contribution in [3.8, 4) is 11.4 Å². The van der Waals surface area contributed by atoms with Gasteiger partial charge in [-0.3, -0.25) is 9.20 Å². The number of fused-ring (bicyclic) bond motifs is 1. The van der Waals surface area contributed by atoms with E-state index in [1.54, 1.807) is 25.1 Å². The maximum absolute atomic E-state index is 13.7. The van der Waals surface area contributed by atoms with Gasteiger partial charge in [-0.15, -0.1) is 0 Å². The third-order valence-electron chi connectivity index (χ3n) is 5.83. The Morgan fingerprint density at radius 2 is 2.09 bits per heavy atom. The van der Waals surface area contributed by atoms with Gasteiger partial charge < -0.3 is 14.9 Å². The lowest BCUT2D eigenvalue weighted by Gasteiger charge is -2.17. The van der Waals surface area contributed by atoms with Crippen LogP contribution in [0.5, 0.6) is 0 Å². The Morgan fingerprint density at radius 3 is 2.86 bits per heavy atom. The number of benzene rings is 1. The Balaban J connectivity index is 1.42. The second kappa shape index (κ2) is 8.52. The van der Waals surface area contributed by atoms with Crippen molar-refractivity contribution in [1.29, 1.82) is 0 Å². The second-order valence-electron chi connectivity index (χ2n) is 8.40. The van der Waals surface area contributed by atoms with Gasteiger partial charge in [0, 0.05) is 30.4 Å². The monoisotopic (exact) mass is 500 g/mol. The molecule has 1 aliphatic rings. The summed E-state index contributed by atoms with van der Waals surface area (Å²) in [5.74, 6) is -0.719. The van der Waals surface area contributed by atoms with E-state index in [2.05, 4.69) is 20.4 Å². The van der Waals surface area contributed by atoms with Crippen LogP contribution in [0.25, 0.3) is 17.0 Å². The molecule has 0 spiro atoms. The highest BCUT2D eigenvalue weighted by Gasteiger charge is 2.41. The number of anilines is 1. The molecule has 2 atom stereocenters. The Hall–Kier alpha value is -3.68. The topological polar surface area (TPSA) is 143 Å². The summed E-state index contributed by atoms with van der Waals surface area (Å²) in [5.41, 5.74) is 2.34. The fourth-order valence-electron chi connectivity index (χ4n) is 4.07. The zero-order valence-electron chi connectivity index (χ0n) is 18.7. The van der Waals surface area contributed by atoms with E-state index in [-0.39, 0.29) is 30.4 Å². The number of nitrogens with one attached hydrogen (secondary N) is 1. The molecule has 1 aliphatic heterocycles. The summed E-state index contributed by atoms with van der Waals surface area (Å²) in [6.45, 7) is 1.76. The number of sulfonamides is 1. The number of nitrogens with zero attached hydrogens (tertiary/aromatic N) is 5. The first kappa shape index (κ1) is 23.1. The lowest BCUT2D eigenvalue weighted by molar-refractivity contribution is 0.102. The second-order valence-corrected chi connectivity index (χ2v) is 10.3. The smallest absolute Gasteiger partial charge is 0.274 e. The number of carbonyl (C=O) groups excluding carboxylic acids is 1. The van der Waals surface area contributed by atoms with Crippen molar-refractivity contribution in [2.24, 2.45) is 0 Å². The molecule has 0 saturated carbocycles. The average Bonchev–Trinajstić information content (AvgIpc) is 3.52. The van der Waals surface area contributed by atoms with Crippen LogP contribution in [-0.2, 0) is 10.0 Å². The third kappa shape index (κ3) is 4.40. The molecule has 3 aromatic heterocycles. The van der Waals surface area contributed by atoms with Crippen LogP contribution in [0.1, 0.15) is 34.4 Å². The Morgan fingerprint density at radius 1 is 1.29 bits per heavy atom. The van der Waals surface area contributed by atoms with E-state index < -0.39 is 33.9 Å². The summed E-state index contributed by atoms with van der Waals surface area (Å²) in [6, 6.07) is 7.13. The molecular weight excluding hydrogens is 479 g/mol. The molecule has 1 aromatic carbocycles. The molecule has 182 valence electrons. The number of halogens is 1. The highest BCUT2D eigenvalue weighted by molar-refractivity contribution is 7.88. The van der Waals surface area contributed by atoms with Gasteiger partial charge in [-0.1, -0.05) is 17.3 Å². The quantitative estimate of drug-likeness (QED) is 0.424. The highest BCUT2D eigenvalue weighted by Crippen LogP contribution is 2.34. The number of amides is 1. The molecular formula is C22H21FN6O5S. The van der Waals surface area contributed by atoms with Gasteiger partial charge in [-0.25, -0.2) is 17.8 Å². The minimum Gasteiger partial charge on any atom is -0.392 e. The summed E-state index contributed by atoms with van der Waals surface area (Å²) in [6.07, 6.45) is 2.91. The number of hydrogen-bond acceptors (Lipinski definition) is 8. The Bertz CT molecular complexity index is 1550. The van der Waals surface area contributed by atoms with Gasteiger partial charge in [0.05, 0.1) is 18.6 Å². The molecule has 0 radical (unpaired) electrons. The maximum atomic E-state index is 13.7. The molecule has 1 amide bonds. The number of rotatable bonds is 5. The number of aliphatic hydroxyl groups is 1. The van der Waals surface area contributed by atoms with E-state index >= 15 is 0 Å². The van der Waals surface area contributed by atoms with E-state index in [0.717, 1.165) is 16.1 Å². The average molecular weight is 501 g/mol. The van der Waals surface area contributed by atoms with Gasteiger partial charge in [0.1, 0.15) is 23.2 Å². The standard InChI is InChI=1S/C22H21FN6O5S/c1-12-3-4-13(20-26-22(34-27-20)17-8-15(30)11-29(17)35(2,32)33)7-16(12)25-21(31)18-9-24-19-6-5-14(23)10-28(18)19/h3-7,9-10,15,17,30H,8,11H2,1-2H3,(H,25,31)/t15-,17+/m1/s1. The van der Waals surface area contributed by atoms with E-state index in [9.17, 15) is 22.7 Å². The molecule has 0 bridgehead atoms. The van der Waals surface area contributed by atoms with Gasteiger partial charge in [0.15, 0.2) is 0 Å². The fourth-order valence-corrected chi connectivity index (χ4v) is 5.15. The van der Waals surface area contributed by atoms with Gasteiger partial charge in [0.2, 0.25) is 21.7 Å². The molecule has 0 unspecified atom stereocenters. The van der Waals surface area contributed by atoms with Crippen LogP contribution in [0, 0.1) is 12.7 Å². The van der Waals surface area contributed by atoms with Crippen LogP contribution >= 0.6 is 0 Å². The predicted octanol–water partition coefficient (Wildman–Crippen LogP) is 2.15. The van der Waals surface area contributed by atoms with Crippen LogP contribution in [-0.4, -0.2) is 62.2 Å². The number of aliphatic hydroxyl groups excluding tert-OH is 1. The molecule has 4 aromatic rings. The first-order chi connectivity index (χ1) is 16.6. The van der Waals surface area contributed by atoms with Crippen molar-refractivity contribution in [1.82, 2.24) is 23.8 Å². The summed E-state index contributed by atoms with van der Waals surface area (Å²) in [5, 5.41) is 16.7. The number of hydrogen-bond donors (Lipinski definition) is 2. The van der Waals surface area contributed by atoms with Crippen molar-refractivity contribution in [2.45, 2.75) is 25.5 Å². The zero-order valence-corrected chi connectivity index (χ0v) is 19.5. The van der Waals surface area contributed by atoms with E-state index in [1.165, 1.54) is 28.9 Å². The molecule has 5 rings (SSSR count). The normalized spacial score (nSPS) is 18.9. The first-order valence-electron chi connectivity index (χ1n) is 10.6. The number of aromatic nitrogens is 4. The van der Waals surface area contributed by atoms with Crippen molar-refractivity contribution < 1.29 is 27.2 Å². The number of imidazole rings is 1. The summed E-state index contributed by atoms with van der Waals surface area (Å²) >= 11 is 0. The van der Waals surface area contributed by atoms with Crippen molar-refractivity contribution in [3.05, 3.63) is 65.7 Å². The molecule has 11 nitrogen and oxygen atoms in total. The molecule has 0 aliphatic carbocycles. The summed E-state index contributed by atoms with van der Waals surface area (Å²) < 4.78 is 45.6. The maximum Gasteiger partial charge on any atom is 0.274 e. The number of β-amino-alcohol motifs (C(OH)–C–C–N with tert-alkyl or cyclic N) is 1. The lowest BCUT2D eigenvalue weighted by Crippen LogP contribution is -2.30. The highest BCUT2D eigenvalue weighted by atomic mass is 32.2. The fraction of sp³-hybridized carbons (Fsp3) is 0.273. The zero-order chi connectivity index (χ0) is 24.9. The summed E-state index contributed by atoms with van der Waals surface area (Å²) in [7, 11) is -3.59. The van der Waals surface area contributed by atoms with Crippen LogP contribution in [0.2, 0.25) is 0 Å². The minimum atomic E-state index is -3.59. The number of pyridine rings is 1. The largest absolute Gasteiger partial charge is 0.392 e. The van der Waals surface area contributed by atoms with E-state index in [4.69, 9.17) is 4.52 Å². The van der Waals surface area contributed by atoms with Gasteiger partial charge in [-0.2, -0.15) is 9.29 Å². The van der Waals surface area contributed by atoms with Crippen LogP contribution in [0.4, 0.5) is 10.1 Å². The number of carbonyl (C=O) groups is 1. The predicted molar refractivity (Wildman–Crippen MR) is 122 cm³/mol. The van der Waals surface area contributed by atoms with E-state index in [0.29, 0.717) is 16.9 Å². The molecule has 4 heterocycles. The molecule has 1 fully saturated rings. The van der Waals surface area contributed by atoms with Gasteiger partial charge in [0.25, 0.3) is 5.91 Å². The SMILES string of the molecule is Cc1ccc(-c2noc([C@@H]3C[C@@H](O)CN3S(C)(=O)=O)n2)cc1NC(=O)c1cnc2ccc(F)cn12. The van der Waals surface area contributed by atoms with Crippen molar-refractivity contribution >= 4 is 27.3 Å².